The van der Waals surface area contributed by atoms with Gasteiger partial charge in [-0.3, -0.25) is 0 Å². The summed E-state index contributed by atoms with van der Waals surface area (Å²) < 4.78 is 27.6. The van der Waals surface area contributed by atoms with Gasteiger partial charge >= 0.3 is 0 Å². The lowest BCUT2D eigenvalue weighted by Crippen LogP contribution is -2.36. The maximum Gasteiger partial charge on any atom is 0.209 e. The predicted octanol–water partition coefficient (Wildman–Crippen LogP) is 2.86. The summed E-state index contributed by atoms with van der Waals surface area (Å²) in [5.74, 6) is 0.716. The van der Waals surface area contributed by atoms with Crippen LogP contribution in [0.4, 0.5) is 5.82 Å². The van der Waals surface area contributed by atoms with Crippen LogP contribution in [0.5, 0.6) is 0 Å². The first-order valence-electron chi connectivity index (χ1n) is 8.31. The van der Waals surface area contributed by atoms with Gasteiger partial charge in [-0.1, -0.05) is 23.2 Å². The molecule has 0 saturated carbocycles. The number of aromatic nitrogens is 3. The molecule has 0 aliphatic carbocycles. The minimum Gasteiger partial charge on any atom is -0.355 e. The second-order valence-electron chi connectivity index (χ2n) is 6.55. The molecule has 1 aliphatic rings. The summed E-state index contributed by atoms with van der Waals surface area (Å²) in [5.41, 5.74) is 1.48. The third-order valence-electron chi connectivity index (χ3n) is 4.51. The van der Waals surface area contributed by atoms with Gasteiger partial charge < -0.3 is 9.47 Å². The lowest BCUT2D eigenvalue weighted by molar-refractivity contribution is 0.567. The molecule has 4 rings (SSSR count). The summed E-state index contributed by atoms with van der Waals surface area (Å²) in [6.07, 6.45) is 7.13. The number of rotatable bonds is 4. The van der Waals surface area contributed by atoms with Crippen LogP contribution >= 0.6 is 23.2 Å². The lowest BCUT2D eigenvalue weighted by Gasteiger charge is -2.20. The summed E-state index contributed by atoms with van der Waals surface area (Å²) in [7, 11) is -3.25. The van der Waals surface area contributed by atoms with E-state index in [1.54, 1.807) is 18.6 Å². The minimum absolute atomic E-state index is 0.149. The highest BCUT2D eigenvalue weighted by Gasteiger charge is 2.26. The Morgan fingerprint density at radius 1 is 1.30 bits per heavy atom. The Labute approximate surface area is 167 Å². The molecule has 3 heterocycles. The zero-order valence-corrected chi connectivity index (χ0v) is 16.8. The highest BCUT2D eigenvalue weighted by molar-refractivity contribution is 7.88. The van der Waals surface area contributed by atoms with Crippen molar-refractivity contribution in [2.45, 2.75) is 12.5 Å². The van der Waals surface area contributed by atoms with Crippen molar-refractivity contribution in [2.24, 2.45) is 0 Å². The molecule has 0 unspecified atom stereocenters. The maximum absolute atomic E-state index is 11.5. The topological polar surface area (TPSA) is 80.1 Å². The monoisotopic (exact) mass is 425 g/mol. The summed E-state index contributed by atoms with van der Waals surface area (Å²) in [4.78, 5) is 10.9. The van der Waals surface area contributed by atoms with Crippen LogP contribution in [0.2, 0.25) is 10.0 Å². The number of nitrogens with zero attached hydrogens (tertiary/aromatic N) is 4. The van der Waals surface area contributed by atoms with Gasteiger partial charge in [0.15, 0.2) is 0 Å². The molecule has 0 bridgehead atoms. The van der Waals surface area contributed by atoms with Gasteiger partial charge in [-0.15, -0.1) is 0 Å². The van der Waals surface area contributed by atoms with Crippen LogP contribution in [0.25, 0.3) is 16.6 Å². The minimum atomic E-state index is -3.25. The molecular weight excluding hydrogens is 409 g/mol. The second-order valence-corrected chi connectivity index (χ2v) is 9.11. The Balaban J connectivity index is 1.79. The smallest absolute Gasteiger partial charge is 0.209 e. The van der Waals surface area contributed by atoms with Gasteiger partial charge in [-0.2, -0.15) is 0 Å². The first-order valence-corrected chi connectivity index (χ1v) is 11.0. The Bertz CT molecular complexity index is 1100. The van der Waals surface area contributed by atoms with E-state index in [1.165, 1.54) is 6.26 Å². The molecule has 0 amide bonds. The molecule has 1 atom stereocenters. The molecule has 1 saturated heterocycles. The number of fused-ring (bicyclic) bond motifs is 1. The fraction of sp³-hybridized carbons (Fsp3) is 0.294. The van der Waals surface area contributed by atoms with Crippen molar-refractivity contribution in [1.82, 2.24) is 19.3 Å². The second kappa shape index (κ2) is 6.94. The number of pyridine rings is 1. The van der Waals surface area contributed by atoms with E-state index >= 15 is 0 Å². The van der Waals surface area contributed by atoms with Gasteiger partial charge in [0.2, 0.25) is 10.0 Å². The van der Waals surface area contributed by atoms with Crippen LogP contribution in [0.15, 0.2) is 36.9 Å². The molecule has 1 fully saturated rings. The average molecular weight is 426 g/mol. The van der Waals surface area contributed by atoms with Crippen molar-refractivity contribution in [3.05, 3.63) is 47.0 Å². The molecule has 27 heavy (non-hydrogen) atoms. The van der Waals surface area contributed by atoms with Crippen LogP contribution in [-0.2, 0) is 10.0 Å². The molecule has 1 aliphatic heterocycles. The van der Waals surface area contributed by atoms with Crippen molar-refractivity contribution in [1.29, 1.82) is 0 Å². The Morgan fingerprint density at radius 2 is 2.11 bits per heavy atom. The number of hydrogen-bond acceptors (Lipinski definition) is 5. The lowest BCUT2D eigenvalue weighted by atomic mass is 10.1. The molecule has 3 aromatic rings. The molecule has 10 heteroatoms. The first-order chi connectivity index (χ1) is 12.8. The summed E-state index contributed by atoms with van der Waals surface area (Å²) in [5, 5.41) is 1.68. The van der Waals surface area contributed by atoms with E-state index in [-0.39, 0.29) is 6.04 Å². The van der Waals surface area contributed by atoms with E-state index in [4.69, 9.17) is 28.2 Å². The summed E-state index contributed by atoms with van der Waals surface area (Å²) in [6.45, 7) is 1.22. The van der Waals surface area contributed by atoms with Crippen molar-refractivity contribution < 1.29 is 8.42 Å². The Kier molecular flexibility index (Phi) is 4.75. The van der Waals surface area contributed by atoms with Crippen LogP contribution in [0, 0.1) is 0 Å². The van der Waals surface area contributed by atoms with Gasteiger partial charge in [-0.05, 0) is 18.6 Å². The zero-order chi connectivity index (χ0) is 19.2. The first kappa shape index (κ1) is 18.5. The number of hydrogen-bond donors (Lipinski definition) is 1. The van der Waals surface area contributed by atoms with E-state index in [9.17, 15) is 8.42 Å². The number of benzene rings is 1. The molecule has 2 aromatic heterocycles. The van der Waals surface area contributed by atoms with Gasteiger partial charge in [0.1, 0.15) is 5.82 Å². The van der Waals surface area contributed by atoms with Gasteiger partial charge in [0.05, 0.1) is 33.8 Å². The maximum atomic E-state index is 11.5. The standard InChI is InChI=1S/C17H17Cl2N5O2S/c1-27(25,26)22-11-4-6-23(9-11)15-8-14(24-7-5-20-10-24)12-2-3-13(18)16(19)17(12)21-15/h2-3,5,7-8,10-11,22H,4,6,9H2,1H3/t11-/m1/s1. The largest absolute Gasteiger partial charge is 0.355 e. The number of nitrogens with one attached hydrogen (secondary N) is 1. The molecular formula is C17H17Cl2N5O2S. The number of halogens is 2. The quantitative estimate of drug-likeness (QED) is 0.694. The van der Waals surface area contributed by atoms with Gasteiger partial charge in [-0.25, -0.2) is 23.1 Å². The van der Waals surface area contributed by atoms with Crippen LogP contribution < -0.4 is 9.62 Å². The van der Waals surface area contributed by atoms with Gasteiger partial charge in [0, 0.05) is 43.0 Å². The Hall–Kier alpha value is -1.87. The normalized spacial score (nSPS) is 17.7. The van der Waals surface area contributed by atoms with Crippen LogP contribution in [-0.4, -0.2) is 48.3 Å². The average Bonchev–Trinajstić information content (AvgIpc) is 3.28. The van der Waals surface area contributed by atoms with Crippen LogP contribution in [0.1, 0.15) is 6.42 Å². The number of imidazole rings is 1. The van der Waals surface area contributed by atoms with Crippen LogP contribution in [0.3, 0.4) is 0 Å². The fourth-order valence-corrected chi connectivity index (χ4v) is 4.50. The van der Waals surface area contributed by atoms with E-state index in [0.717, 1.165) is 11.1 Å². The van der Waals surface area contributed by atoms with Crippen molar-refractivity contribution in [3.63, 3.8) is 0 Å². The highest BCUT2D eigenvalue weighted by atomic mass is 35.5. The van der Waals surface area contributed by atoms with Crippen molar-refractivity contribution in [2.75, 3.05) is 24.2 Å². The number of anilines is 1. The molecule has 0 radical (unpaired) electrons. The Morgan fingerprint density at radius 3 is 2.81 bits per heavy atom. The summed E-state index contributed by atoms with van der Waals surface area (Å²) in [6, 6.07) is 5.43. The SMILES string of the molecule is CS(=O)(=O)N[C@@H]1CCN(c2cc(-n3ccnc3)c3ccc(Cl)c(Cl)c3n2)C1. The van der Waals surface area contributed by atoms with Crippen molar-refractivity contribution >= 4 is 49.9 Å². The van der Waals surface area contributed by atoms with E-state index in [1.807, 2.05) is 27.8 Å². The fourth-order valence-electron chi connectivity index (χ4n) is 3.35. The molecule has 142 valence electrons. The molecule has 0 spiro atoms. The number of sulfonamides is 1. The zero-order valence-electron chi connectivity index (χ0n) is 14.4. The van der Waals surface area contributed by atoms with E-state index in [2.05, 4.69) is 9.71 Å². The van der Waals surface area contributed by atoms with E-state index < -0.39 is 10.0 Å². The molecule has 1 aromatic carbocycles. The predicted molar refractivity (Wildman–Crippen MR) is 107 cm³/mol. The van der Waals surface area contributed by atoms with E-state index in [0.29, 0.717) is 40.9 Å². The van der Waals surface area contributed by atoms with Gasteiger partial charge in [0.25, 0.3) is 0 Å². The molecule has 7 nitrogen and oxygen atoms in total. The third kappa shape index (κ3) is 3.75. The molecule has 1 N–H and O–H groups in total. The third-order valence-corrected chi connectivity index (χ3v) is 6.07. The highest BCUT2D eigenvalue weighted by Crippen LogP contribution is 2.35. The van der Waals surface area contributed by atoms with Crippen molar-refractivity contribution in [3.8, 4) is 5.69 Å². The summed E-state index contributed by atoms with van der Waals surface area (Å²) >= 11 is 12.6.